The minimum atomic E-state index is -0.650. The molecular weight excluding hydrogens is 182 g/mol. The van der Waals surface area contributed by atoms with Crippen molar-refractivity contribution >= 4 is 5.91 Å². The van der Waals surface area contributed by atoms with Crippen molar-refractivity contribution in [3.05, 3.63) is 12.2 Å². The zero-order valence-electron chi connectivity index (χ0n) is 9.08. The molecular formula is C10H21NO3. The highest BCUT2D eigenvalue weighted by Crippen LogP contribution is 1.81. The standard InChI is InChI=1S/C6H14O.C4H7NO2/c1-3-5-7-6-4-2;1-3(2-6)4(5)7/h3-6H2,1-2H3;6H,1-2H2,(H2,5,7). The molecule has 0 spiro atoms. The Morgan fingerprint density at radius 3 is 1.93 bits per heavy atom. The van der Waals surface area contributed by atoms with Gasteiger partial charge in [0.15, 0.2) is 0 Å². The highest BCUT2D eigenvalue weighted by Gasteiger charge is 1.94. The van der Waals surface area contributed by atoms with E-state index in [1.807, 2.05) is 0 Å². The SMILES string of the molecule is C=C(CO)C(N)=O.CCCOCCC. The van der Waals surface area contributed by atoms with Crippen LogP contribution in [-0.4, -0.2) is 30.8 Å². The van der Waals surface area contributed by atoms with Crippen molar-refractivity contribution in [2.45, 2.75) is 26.7 Å². The molecule has 0 bridgehead atoms. The fraction of sp³-hybridized carbons (Fsp3) is 0.700. The van der Waals surface area contributed by atoms with Crippen LogP contribution in [0.15, 0.2) is 12.2 Å². The van der Waals surface area contributed by atoms with Gasteiger partial charge in [-0.15, -0.1) is 0 Å². The van der Waals surface area contributed by atoms with Gasteiger partial charge in [0.2, 0.25) is 5.91 Å². The summed E-state index contributed by atoms with van der Waals surface area (Å²) in [5, 5.41) is 8.10. The highest BCUT2D eigenvalue weighted by molar-refractivity contribution is 5.91. The van der Waals surface area contributed by atoms with Crippen LogP contribution >= 0.6 is 0 Å². The fourth-order valence-corrected chi connectivity index (χ4v) is 0.469. The molecule has 0 aromatic rings. The Morgan fingerprint density at radius 2 is 1.79 bits per heavy atom. The molecule has 3 N–H and O–H groups in total. The number of carbonyl (C=O) groups excluding carboxylic acids is 1. The summed E-state index contributed by atoms with van der Waals surface area (Å²) in [6.07, 6.45) is 2.28. The van der Waals surface area contributed by atoms with E-state index >= 15 is 0 Å². The predicted octanol–water partition coefficient (Wildman–Crippen LogP) is 0.843. The van der Waals surface area contributed by atoms with E-state index in [1.165, 1.54) is 0 Å². The van der Waals surface area contributed by atoms with Crippen LogP contribution in [0.2, 0.25) is 0 Å². The average molecular weight is 203 g/mol. The maximum atomic E-state index is 9.89. The lowest BCUT2D eigenvalue weighted by Gasteiger charge is -1.95. The summed E-state index contributed by atoms with van der Waals surface area (Å²) in [6, 6.07) is 0. The zero-order valence-corrected chi connectivity index (χ0v) is 9.08. The Morgan fingerprint density at radius 1 is 1.36 bits per heavy atom. The molecule has 0 fully saturated rings. The normalized spacial score (nSPS) is 8.79. The largest absolute Gasteiger partial charge is 0.391 e. The number of aliphatic hydroxyl groups excluding tert-OH is 1. The van der Waals surface area contributed by atoms with E-state index in [1.54, 1.807) is 0 Å². The average Bonchev–Trinajstić information content (AvgIpc) is 2.18. The molecule has 84 valence electrons. The molecule has 0 atom stereocenters. The van der Waals surface area contributed by atoms with Crippen LogP contribution in [0.3, 0.4) is 0 Å². The number of hydrogen-bond donors (Lipinski definition) is 2. The third-order valence-corrected chi connectivity index (χ3v) is 1.24. The van der Waals surface area contributed by atoms with Crippen molar-refractivity contribution < 1.29 is 14.6 Å². The maximum Gasteiger partial charge on any atom is 0.246 e. The van der Waals surface area contributed by atoms with Gasteiger partial charge in [-0.1, -0.05) is 20.4 Å². The van der Waals surface area contributed by atoms with Gasteiger partial charge >= 0.3 is 0 Å². The number of carbonyl (C=O) groups is 1. The molecule has 0 unspecified atom stereocenters. The molecule has 14 heavy (non-hydrogen) atoms. The Bertz CT molecular complexity index is 153. The van der Waals surface area contributed by atoms with Crippen molar-refractivity contribution in [1.82, 2.24) is 0 Å². The number of hydrogen-bond acceptors (Lipinski definition) is 3. The minimum Gasteiger partial charge on any atom is -0.391 e. The van der Waals surface area contributed by atoms with Gasteiger partial charge in [0, 0.05) is 18.8 Å². The lowest BCUT2D eigenvalue weighted by molar-refractivity contribution is -0.114. The van der Waals surface area contributed by atoms with Gasteiger partial charge in [-0.2, -0.15) is 0 Å². The molecule has 0 radical (unpaired) electrons. The first kappa shape index (κ1) is 15.6. The molecule has 0 aromatic heterocycles. The number of aliphatic hydroxyl groups is 1. The second kappa shape index (κ2) is 12.1. The second-order valence-corrected chi connectivity index (χ2v) is 2.74. The van der Waals surface area contributed by atoms with E-state index in [9.17, 15) is 4.79 Å². The summed E-state index contributed by atoms with van der Waals surface area (Å²) in [6.45, 7) is 8.89. The number of primary amides is 1. The van der Waals surface area contributed by atoms with Gasteiger partial charge in [0.25, 0.3) is 0 Å². The van der Waals surface area contributed by atoms with Gasteiger partial charge in [-0.25, -0.2) is 0 Å². The number of amides is 1. The van der Waals surface area contributed by atoms with E-state index in [0.29, 0.717) is 0 Å². The van der Waals surface area contributed by atoms with Gasteiger partial charge in [-0.3, -0.25) is 4.79 Å². The summed E-state index contributed by atoms with van der Waals surface area (Å²) in [5.74, 6) is -0.650. The van der Waals surface area contributed by atoms with Crippen molar-refractivity contribution in [2.24, 2.45) is 5.73 Å². The molecule has 0 saturated heterocycles. The molecule has 0 saturated carbocycles. The highest BCUT2D eigenvalue weighted by atomic mass is 16.5. The van der Waals surface area contributed by atoms with Crippen LogP contribution in [-0.2, 0) is 9.53 Å². The van der Waals surface area contributed by atoms with Crippen LogP contribution in [0.1, 0.15) is 26.7 Å². The van der Waals surface area contributed by atoms with Crippen LogP contribution in [0, 0.1) is 0 Å². The Kier molecular flexibility index (Phi) is 13.5. The summed E-state index contributed by atoms with van der Waals surface area (Å²) >= 11 is 0. The van der Waals surface area contributed by atoms with Crippen molar-refractivity contribution in [3.63, 3.8) is 0 Å². The second-order valence-electron chi connectivity index (χ2n) is 2.74. The number of ether oxygens (including phenoxy) is 1. The molecule has 1 amide bonds. The fourth-order valence-electron chi connectivity index (χ4n) is 0.469. The van der Waals surface area contributed by atoms with E-state index in [4.69, 9.17) is 9.84 Å². The van der Waals surface area contributed by atoms with E-state index in [-0.39, 0.29) is 12.2 Å². The zero-order chi connectivity index (χ0) is 11.4. The monoisotopic (exact) mass is 203 g/mol. The summed E-state index contributed by atoms with van der Waals surface area (Å²) in [7, 11) is 0. The first-order chi connectivity index (χ1) is 6.59. The maximum absolute atomic E-state index is 9.89. The van der Waals surface area contributed by atoms with Gasteiger partial charge in [0.1, 0.15) is 0 Å². The van der Waals surface area contributed by atoms with E-state index in [0.717, 1.165) is 26.1 Å². The topological polar surface area (TPSA) is 72.5 Å². The van der Waals surface area contributed by atoms with Gasteiger partial charge in [-0.05, 0) is 12.8 Å². The summed E-state index contributed by atoms with van der Waals surface area (Å²) in [5.41, 5.74) is 4.69. The van der Waals surface area contributed by atoms with Crippen LogP contribution in [0.5, 0.6) is 0 Å². The molecule has 0 aliphatic heterocycles. The first-order valence-corrected chi connectivity index (χ1v) is 4.76. The third kappa shape index (κ3) is 13.7. The summed E-state index contributed by atoms with van der Waals surface area (Å²) in [4.78, 5) is 9.89. The molecule has 0 aliphatic carbocycles. The lowest BCUT2D eigenvalue weighted by Crippen LogP contribution is -2.14. The Labute approximate surface area is 85.7 Å². The van der Waals surface area contributed by atoms with Gasteiger partial charge < -0.3 is 15.6 Å². The van der Waals surface area contributed by atoms with Crippen LogP contribution < -0.4 is 5.73 Å². The first-order valence-electron chi connectivity index (χ1n) is 4.76. The van der Waals surface area contributed by atoms with Crippen LogP contribution in [0.4, 0.5) is 0 Å². The quantitative estimate of drug-likeness (QED) is 0.496. The minimum absolute atomic E-state index is 0.0417. The smallest absolute Gasteiger partial charge is 0.246 e. The molecule has 0 aromatic carbocycles. The number of nitrogens with two attached hydrogens (primary N) is 1. The van der Waals surface area contributed by atoms with Crippen LogP contribution in [0.25, 0.3) is 0 Å². The van der Waals surface area contributed by atoms with E-state index < -0.39 is 5.91 Å². The molecule has 4 nitrogen and oxygen atoms in total. The third-order valence-electron chi connectivity index (χ3n) is 1.24. The Hall–Kier alpha value is -0.870. The van der Waals surface area contributed by atoms with Crippen molar-refractivity contribution in [3.8, 4) is 0 Å². The van der Waals surface area contributed by atoms with Crippen molar-refractivity contribution in [1.29, 1.82) is 0 Å². The molecule has 4 heteroatoms. The lowest BCUT2D eigenvalue weighted by atomic mass is 10.3. The Balaban J connectivity index is 0. The molecule has 0 heterocycles. The van der Waals surface area contributed by atoms with Crippen molar-refractivity contribution in [2.75, 3.05) is 19.8 Å². The summed E-state index contributed by atoms with van der Waals surface area (Å²) < 4.78 is 5.13. The number of rotatable bonds is 6. The van der Waals surface area contributed by atoms with E-state index in [2.05, 4.69) is 26.2 Å². The molecule has 0 rings (SSSR count). The van der Waals surface area contributed by atoms with Gasteiger partial charge in [0.05, 0.1) is 6.61 Å². The molecule has 0 aliphatic rings. The predicted molar refractivity (Wildman–Crippen MR) is 56.8 cm³/mol.